The van der Waals surface area contributed by atoms with E-state index in [0.717, 1.165) is 16.9 Å². The molecular weight excluding hydrogens is 416 g/mol. The average Bonchev–Trinajstić information content (AvgIpc) is 2.87. The zero-order valence-electron chi connectivity index (χ0n) is 13.1. The smallest absolute Gasteiger partial charge is 0.387 e. The van der Waals surface area contributed by atoms with Crippen molar-refractivity contribution in [1.29, 1.82) is 0 Å². The Balaban J connectivity index is 2.11. The zero-order chi connectivity index (χ0) is 18.0. The molecule has 0 saturated carbocycles. The summed E-state index contributed by atoms with van der Waals surface area (Å²) in [6.45, 7) is -2.17. The third-order valence-electron chi connectivity index (χ3n) is 3.77. The molecule has 0 spiro atoms. The van der Waals surface area contributed by atoms with Gasteiger partial charge in [0.2, 0.25) is 0 Å². The molecule has 1 heterocycles. The van der Waals surface area contributed by atoms with E-state index in [4.69, 9.17) is 17.3 Å². The molecule has 0 fully saturated rings. The Labute approximate surface area is 156 Å². The Hall–Kier alpha value is -1.70. The van der Waals surface area contributed by atoms with Crippen molar-refractivity contribution < 1.29 is 13.5 Å². The van der Waals surface area contributed by atoms with Gasteiger partial charge < -0.3 is 15.0 Å². The number of nitrogens with zero attached hydrogens (tertiary/aromatic N) is 2. The highest BCUT2D eigenvalue weighted by molar-refractivity contribution is 9.10. The molecule has 4 nitrogen and oxygen atoms in total. The molecule has 3 rings (SSSR count). The van der Waals surface area contributed by atoms with Crippen molar-refractivity contribution in [3.05, 3.63) is 57.3 Å². The monoisotopic (exact) mass is 429 g/mol. The maximum atomic E-state index is 12.7. The summed E-state index contributed by atoms with van der Waals surface area (Å²) in [5, 5.41) is 0.573. The van der Waals surface area contributed by atoms with Gasteiger partial charge in [-0.25, -0.2) is 4.98 Å². The normalized spacial score (nSPS) is 11.4. The van der Waals surface area contributed by atoms with Crippen molar-refractivity contribution in [2.75, 3.05) is 6.54 Å². The summed E-state index contributed by atoms with van der Waals surface area (Å²) in [7, 11) is 0. The van der Waals surface area contributed by atoms with Crippen molar-refractivity contribution in [2.24, 2.45) is 5.73 Å². The fourth-order valence-corrected chi connectivity index (χ4v) is 3.34. The van der Waals surface area contributed by atoms with Gasteiger partial charge in [-0.15, -0.1) is 0 Å². The van der Waals surface area contributed by atoms with Crippen LogP contribution < -0.4 is 10.5 Å². The maximum absolute atomic E-state index is 12.7. The van der Waals surface area contributed by atoms with Crippen LogP contribution in [0.5, 0.6) is 5.75 Å². The number of aromatic nitrogens is 2. The topological polar surface area (TPSA) is 53.1 Å². The summed E-state index contributed by atoms with van der Waals surface area (Å²) in [4.78, 5) is 4.58. The third-order valence-corrected chi connectivity index (χ3v) is 4.74. The Morgan fingerprint density at radius 1 is 1.28 bits per heavy atom. The van der Waals surface area contributed by atoms with Gasteiger partial charge in [-0.2, -0.15) is 8.78 Å². The molecule has 0 aliphatic carbocycles. The van der Waals surface area contributed by atoms with Gasteiger partial charge in [-0.3, -0.25) is 0 Å². The van der Waals surface area contributed by atoms with E-state index in [1.807, 2.05) is 10.6 Å². The van der Waals surface area contributed by atoms with Crippen LogP contribution in [0, 0.1) is 0 Å². The molecule has 8 heteroatoms. The van der Waals surface area contributed by atoms with Gasteiger partial charge in [0.15, 0.2) is 0 Å². The van der Waals surface area contributed by atoms with Crippen LogP contribution in [0.4, 0.5) is 8.78 Å². The Bertz CT molecular complexity index is 901. The van der Waals surface area contributed by atoms with E-state index >= 15 is 0 Å². The van der Waals surface area contributed by atoms with E-state index in [1.165, 1.54) is 6.07 Å². The van der Waals surface area contributed by atoms with E-state index in [-0.39, 0.29) is 5.75 Å². The molecular formula is C17H15BrClF2N3O. The van der Waals surface area contributed by atoms with Crippen LogP contribution in [0.3, 0.4) is 0 Å². The largest absolute Gasteiger partial charge is 0.434 e. The fraction of sp³-hybridized carbons (Fsp3) is 0.235. The van der Waals surface area contributed by atoms with Gasteiger partial charge in [-0.05, 0) is 36.9 Å². The van der Waals surface area contributed by atoms with Gasteiger partial charge in [0.1, 0.15) is 11.6 Å². The number of fused-ring (bicyclic) bond motifs is 1. The predicted octanol–water partition coefficient (Wildman–Crippen LogP) is 4.60. The molecule has 0 unspecified atom stereocenters. The number of ether oxygens (including phenoxy) is 1. The minimum atomic E-state index is -2.90. The fourth-order valence-electron chi connectivity index (χ4n) is 2.70. The SMILES string of the molecule is NCCc1nc2ccc(Cl)cc2n1Cc1c(Br)cccc1OC(F)F. The molecule has 0 aliphatic heterocycles. The first-order valence-corrected chi connectivity index (χ1v) is 8.73. The van der Waals surface area contributed by atoms with Gasteiger partial charge in [0, 0.05) is 21.5 Å². The number of imidazole rings is 1. The summed E-state index contributed by atoms with van der Waals surface area (Å²) < 4.78 is 32.7. The van der Waals surface area contributed by atoms with Crippen LogP contribution in [-0.2, 0) is 13.0 Å². The minimum absolute atomic E-state index is 0.118. The van der Waals surface area contributed by atoms with Crippen LogP contribution in [-0.4, -0.2) is 22.7 Å². The highest BCUT2D eigenvalue weighted by Gasteiger charge is 2.17. The lowest BCUT2D eigenvalue weighted by Crippen LogP contribution is -2.12. The maximum Gasteiger partial charge on any atom is 0.387 e. The van der Waals surface area contributed by atoms with E-state index in [1.54, 1.807) is 24.3 Å². The third kappa shape index (κ3) is 3.94. The first kappa shape index (κ1) is 18.1. The van der Waals surface area contributed by atoms with Crippen molar-refractivity contribution >= 4 is 38.6 Å². The minimum Gasteiger partial charge on any atom is -0.434 e. The van der Waals surface area contributed by atoms with Crippen LogP contribution >= 0.6 is 27.5 Å². The van der Waals surface area contributed by atoms with E-state index in [9.17, 15) is 8.78 Å². The molecule has 132 valence electrons. The van der Waals surface area contributed by atoms with Crippen molar-refractivity contribution in [3.8, 4) is 5.75 Å². The second-order valence-electron chi connectivity index (χ2n) is 5.38. The van der Waals surface area contributed by atoms with Gasteiger partial charge in [0.05, 0.1) is 17.6 Å². The summed E-state index contributed by atoms with van der Waals surface area (Å²) in [5.74, 6) is 0.880. The molecule has 2 N–H and O–H groups in total. The zero-order valence-corrected chi connectivity index (χ0v) is 15.4. The van der Waals surface area contributed by atoms with E-state index in [0.29, 0.717) is 34.6 Å². The highest BCUT2D eigenvalue weighted by atomic mass is 79.9. The second-order valence-corrected chi connectivity index (χ2v) is 6.67. The lowest BCUT2D eigenvalue weighted by Gasteiger charge is -2.15. The quantitative estimate of drug-likeness (QED) is 0.622. The lowest BCUT2D eigenvalue weighted by molar-refractivity contribution is -0.0505. The lowest BCUT2D eigenvalue weighted by atomic mass is 10.2. The number of nitrogens with two attached hydrogens (primary N) is 1. The number of rotatable bonds is 6. The first-order valence-electron chi connectivity index (χ1n) is 7.56. The average molecular weight is 431 g/mol. The number of benzene rings is 2. The van der Waals surface area contributed by atoms with Gasteiger partial charge >= 0.3 is 6.61 Å². The van der Waals surface area contributed by atoms with Crippen molar-refractivity contribution in [3.63, 3.8) is 0 Å². The standard InChI is InChI=1S/C17H15BrClF2N3O/c18-12-2-1-3-15(25-17(20)21)11(12)9-24-14-8-10(19)4-5-13(14)23-16(24)6-7-22/h1-5,8,17H,6-7,9,22H2. The van der Waals surface area contributed by atoms with Crippen LogP contribution in [0.15, 0.2) is 40.9 Å². The molecule has 1 aromatic heterocycles. The number of hydrogen-bond donors (Lipinski definition) is 1. The summed E-state index contributed by atoms with van der Waals surface area (Å²) in [5.41, 5.74) is 7.87. The molecule has 0 atom stereocenters. The van der Waals surface area contributed by atoms with Crippen LogP contribution in [0.25, 0.3) is 11.0 Å². The first-order chi connectivity index (χ1) is 12.0. The summed E-state index contributed by atoms with van der Waals surface area (Å²) >= 11 is 9.53. The number of hydrogen-bond acceptors (Lipinski definition) is 3. The van der Waals surface area contributed by atoms with Crippen molar-refractivity contribution in [2.45, 2.75) is 19.6 Å². The predicted molar refractivity (Wildman–Crippen MR) is 97.4 cm³/mol. The Morgan fingerprint density at radius 2 is 2.08 bits per heavy atom. The van der Waals surface area contributed by atoms with Crippen LogP contribution in [0.1, 0.15) is 11.4 Å². The Kier molecular flexibility index (Phi) is 5.56. The number of alkyl halides is 2. The summed E-state index contributed by atoms with van der Waals surface area (Å²) in [6, 6.07) is 10.3. The molecule has 0 saturated heterocycles. The van der Waals surface area contributed by atoms with Gasteiger partial charge in [0.25, 0.3) is 0 Å². The van der Waals surface area contributed by atoms with E-state index in [2.05, 4.69) is 25.7 Å². The molecule has 0 aliphatic rings. The molecule has 2 aromatic carbocycles. The van der Waals surface area contributed by atoms with Crippen molar-refractivity contribution in [1.82, 2.24) is 9.55 Å². The molecule has 0 amide bonds. The molecule has 0 radical (unpaired) electrons. The van der Waals surface area contributed by atoms with Gasteiger partial charge in [-0.1, -0.05) is 33.6 Å². The molecule has 0 bridgehead atoms. The second kappa shape index (κ2) is 7.68. The summed E-state index contributed by atoms with van der Waals surface area (Å²) in [6.07, 6.45) is 0.557. The molecule has 25 heavy (non-hydrogen) atoms. The number of halogens is 4. The highest BCUT2D eigenvalue weighted by Crippen LogP contribution is 2.31. The van der Waals surface area contributed by atoms with E-state index < -0.39 is 6.61 Å². The van der Waals surface area contributed by atoms with Crippen LogP contribution in [0.2, 0.25) is 5.02 Å². The molecule has 3 aromatic rings. The Morgan fingerprint density at radius 3 is 2.80 bits per heavy atom.